The van der Waals surface area contributed by atoms with Gasteiger partial charge in [0.2, 0.25) is 11.8 Å². The van der Waals surface area contributed by atoms with E-state index in [0.29, 0.717) is 0 Å². The maximum Gasteiger partial charge on any atom is 0.240 e. The van der Waals surface area contributed by atoms with E-state index in [0.717, 1.165) is 28.2 Å². The summed E-state index contributed by atoms with van der Waals surface area (Å²) in [5.41, 5.74) is 6.31. The molecule has 0 bridgehead atoms. The number of nitrogens with two attached hydrogens (primary N) is 1. The Kier molecular flexibility index (Phi) is 6.03. The lowest BCUT2D eigenvalue weighted by atomic mass is 10.0. The lowest BCUT2D eigenvalue weighted by molar-refractivity contribution is -0.127. The first-order valence-corrected chi connectivity index (χ1v) is 7.91. The maximum absolute atomic E-state index is 13.2. The van der Waals surface area contributed by atoms with E-state index in [1.807, 2.05) is 12.1 Å². The minimum atomic E-state index is -0.922. The number of hydrogen-bond acceptors (Lipinski definition) is 2. The van der Waals surface area contributed by atoms with Gasteiger partial charge in [0, 0.05) is 17.0 Å². The number of rotatable bonds is 6. The molecule has 2 aromatic carbocycles. The van der Waals surface area contributed by atoms with Crippen LogP contribution in [0.15, 0.2) is 46.9 Å². The summed E-state index contributed by atoms with van der Waals surface area (Å²) in [4.78, 5) is 23.6. The highest BCUT2D eigenvalue weighted by molar-refractivity contribution is 9.10. The van der Waals surface area contributed by atoms with Gasteiger partial charge in [0.1, 0.15) is 17.7 Å². The van der Waals surface area contributed by atoms with Gasteiger partial charge in [-0.3, -0.25) is 9.59 Å². The van der Waals surface area contributed by atoms with Crippen molar-refractivity contribution in [1.29, 1.82) is 0 Å². The van der Waals surface area contributed by atoms with E-state index in [-0.39, 0.29) is 18.4 Å². The van der Waals surface area contributed by atoms with Crippen LogP contribution in [0.3, 0.4) is 0 Å². The van der Waals surface area contributed by atoms with Crippen molar-refractivity contribution in [3.05, 3.63) is 69.7 Å². The van der Waals surface area contributed by atoms with Crippen LogP contribution in [0.25, 0.3) is 0 Å². The van der Waals surface area contributed by atoms with Gasteiger partial charge in [-0.2, -0.15) is 0 Å². The number of amides is 2. The summed E-state index contributed by atoms with van der Waals surface area (Å²) in [5.74, 6) is -2.77. The first kappa shape index (κ1) is 18.1. The molecule has 24 heavy (non-hydrogen) atoms. The molecule has 0 aliphatic carbocycles. The van der Waals surface area contributed by atoms with E-state index >= 15 is 0 Å². The third-order valence-electron chi connectivity index (χ3n) is 3.35. The van der Waals surface area contributed by atoms with E-state index in [1.54, 1.807) is 12.1 Å². The molecular weight excluding hydrogens is 382 g/mol. The van der Waals surface area contributed by atoms with Gasteiger partial charge in [0.05, 0.1) is 6.42 Å². The number of benzene rings is 2. The maximum atomic E-state index is 13.2. The predicted octanol–water partition coefficient (Wildman–Crippen LogP) is 2.48. The third kappa shape index (κ3) is 5.13. The summed E-state index contributed by atoms with van der Waals surface area (Å²) in [6, 6.07) is 9.17. The van der Waals surface area contributed by atoms with Crippen LogP contribution in [0.1, 0.15) is 11.1 Å². The highest BCUT2D eigenvalue weighted by Gasteiger charge is 2.20. The van der Waals surface area contributed by atoms with Crippen molar-refractivity contribution in [2.45, 2.75) is 18.9 Å². The van der Waals surface area contributed by atoms with E-state index in [4.69, 9.17) is 5.73 Å². The number of carbonyl (C=O) groups is 2. The standard InChI is InChI=1S/C17H15BrF2N2O2/c18-14-4-2-1-3-11(14)8-15(17(21)24)22-16(23)7-10-5-12(19)9-13(20)6-10/h1-6,9,15H,7-8H2,(H2,21,24)(H,22,23)/t15-/m0/s1. The van der Waals surface area contributed by atoms with Crippen molar-refractivity contribution in [1.82, 2.24) is 5.32 Å². The predicted molar refractivity (Wildman–Crippen MR) is 89.0 cm³/mol. The van der Waals surface area contributed by atoms with Crippen molar-refractivity contribution < 1.29 is 18.4 Å². The summed E-state index contributed by atoms with van der Waals surface area (Å²) in [7, 11) is 0. The van der Waals surface area contributed by atoms with E-state index in [2.05, 4.69) is 21.2 Å². The lowest BCUT2D eigenvalue weighted by Gasteiger charge is -2.16. The minimum Gasteiger partial charge on any atom is -0.368 e. The molecule has 126 valence electrons. The van der Waals surface area contributed by atoms with Crippen molar-refractivity contribution in [2.75, 3.05) is 0 Å². The van der Waals surface area contributed by atoms with Crippen LogP contribution in [-0.4, -0.2) is 17.9 Å². The molecule has 0 saturated heterocycles. The van der Waals surface area contributed by atoms with E-state index < -0.39 is 29.5 Å². The summed E-state index contributed by atoms with van der Waals surface area (Å²) in [6.07, 6.45) is -0.0472. The second-order valence-corrected chi connectivity index (χ2v) is 6.13. The van der Waals surface area contributed by atoms with Gasteiger partial charge in [-0.05, 0) is 29.3 Å². The van der Waals surface area contributed by atoms with Gasteiger partial charge in [0.25, 0.3) is 0 Å². The summed E-state index contributed by atoms with van der Waals surface area (Å²) >= 11 is 3.36. The molecule has 0 aliphatic heterocycles. The SMILES string of the molecule is NC(=O)[C@H](Cc1ccccc1Br)NC(=O)Cc1cc(F)cc(F)c1. The number of halogens is 3. The second kappa shape index (κ2) is 8.01. The van der Waals surface area contributed by atoms with Crippen molar-refractivity contribution >= 4 is 27.7 Å². The summed E-state index contributed by atoms with van der Waals surface area (Å²) in [6.45, 7) is 0. The van der Waals surface area contributed by atoms with Crippen LogP contribution >= 0.6 is 15.9 Å². The van der Waals surface area contributed by atoms with Crippen molar-refractivity contribution in [3.8, 4) is 0 Å². The monoisotopic (exact) mass is 396 g/mol. The third-order valence-corrected chi connectivity index (χ3v) is 4.12. The highest BCUT2D eigenvalue weighted by Crippen LogP contribution is 2.17. The molecule has 0 aromatic heterocycles. The Balaban J connectivity index is 2.06. The van der Waals surface area contributed by atoms with Gasteiger partial charge in [-0.15, -0.1) is 0 Å². The molecule has 7 heteroatoms. The smallest absolute Gasteiger partial charge is 0.240 e. The molecule has 0 fully saturated rings. The molecule has 0 spiro atoms. The van der Waals surface area contributed by atoms with Gasteiger partial charge in [0.15, 0.2) is 0 Å². The molecule has 0 radical (unpaired) electrons. The number of nitrogens with one attached hydrogen (secondary N) is 1. The van der Waals surface area contributed by atoms with Crippen LogP contribution < -0.4 is 11.1 Å². The van der Waals surface area contributed by atoms with Gasteiger partial charge in [-0.1, -0.05) is 34.1 Å². The van der Waals surface area contributed by atoms with Crippen LogP contribution in [0.2, 0.25) is 0 Å². The lowest BCUT2D eigenvalue weighted by Crippen LogP contribution is -2.46. The van der Waals surface area contributed by atoms with Crippen molar-refractivity contribution in [3.63, 3.8) is 0 Å². The fourth-order valence-corrected chi connectivity index (χ4v) is 2.70. The molecule has 2 rings (SSSR count). The molecule has 0 heterocycles. The Morgan fingerprint density at radius 2 is 1.75 bits per heavy atom. The Morgan fingerprint density at radius 1 is 1.12 bits per heavy atom. The molecule has 2 amide bonds. The topological polar surface area (TPSA) is 72.2 Å². The van der Waals surface area contributed by atoms with Crippen molar-refractivity contribution in [2.24, 2.45) is 5.73 Å². The quantitative estimate of drug-likeness (QED) is 0.786. The summed E-state index contributed by atoms with van der Waals surface area (Å²) < 4.78 is 27.1. The van der Waals surface area contributed by atoms with Crippen LogP contribution in [0, 0.1) is 11.6 Å². The zero-order valence-corrected chi connectivity index (χ0v) is 14.1. The minimum absolute atomic E-state index is 0.175. The molecule has 3 N–H and O–H groups in total. The molecule has 0 unspecified atom stereocenters. The first-order valence-electron chi connectivity index (χ1n) is 7.12. The Labute approximate surface area is 146 Å². The van der Waals surface area contributed by atoms with E-state index in [9.17, 15) is 18.4 Å². The fourth-order valence-electron chi connectivity index (χ4n) is 2.25. The molecule has 1 atom stereocenters. The number of hydrogen-bond donors (Lipinski definition) is 2. The zero-order valence-electron chi connectivity index (χ0n) is 12.6. The normalized spacial score (nSPS) is 11.8. The Hall–Kier alpha value is -2.28. The Morgan fingerprint density at radius 3 is 2.33 bits per heavy atom. The Bertz CT molecular complexity index is 748. The van der Waals surface area contributed by atoms with Gasteiger partial charge >= 0.3 is 0 Å². The number of primary amides is 1. The average molecular weight is 397 g/mol. The van der Waals surface area contributed by atoms with Gasteiger partial charge in [-0.25, -0.2) is 8.78 Å². The number of carbonyl (C=O) groups excluding carboxylic acids is 2. The fraction of sp³-hybridized carbons (Fsp3) is 0.176. The molecule has 2 aromatic rings. The zero-order chi connectivity index (χ0) is 17.7. The highest BCUT2D eigenvalue weighted by atomic mass is 79.9. The molecule has 0 aliphatic rings. The average Bonchev–Trinajstić information content (AvgIpc) is 2.47. The second-order valence-electron chi connectivity index (χ2n) is 5.27. The largest absolute Gasteiger partial charge is 0.368 e. The van der Waals surface area contributed by atoms with Crippen LogP contribution in [-0.2, 0) is 22.4 Å². The summed E-state index contributed by atoms with van der Waals surface area (Å²) in [5, 5.41) is 2.50. The van der Waals surface area contributed by atoms with Gasteiger partial charge < -0.3 is 11.1 Å². The first-order chi connectivity index (χ1) is 11.3. The molecule has 0 saturated carbocycles. The molecule has 4 nitrogen and oxygen atoms in total. The van der Waals surface area contributed by atoms with Crippen LogP contribution in [0.4, 0.5) is 8.78 Å². The molecular formula is C17H15BrF2N2O2. The van der Waals surface area contributed by atoms with E-state index in [1.165, 1.54) is 0 Å². The van der Waals surface area contributed by atoms with Crippen LogP contribution in [0.5, 0.6) is 0 Å².